The quantitative estimate of drug-likeness (QED) is 0.185. The van der Waals surface area contributed by atoms with Gasteiger partial charge in [-0.3, -0.25) is 0 Å². The summed E-state index contributed by atoms with van der Waals surface area (Å²) in [6.07, 6.45) is 0. The Morgan fingerprint density at radius 3 is 1.60 bits per heavy atom. The third kappa shape index (κ3) is 4.07. The minimum absolute atomic E-state index is 0.924. The Balaban J connectivity index is 1.14. The summed E-state index contributed by atoms with van der Waals surface area (Å²) < 4.78 is 11.9. The molecule has 0 bridgehead atoms. The molecule has 0 spiro atoms. The van der Waals surface area contributed by atoms with Gasteiger partial charge in [0.05, 0.1) is 11.4 Å². The number of hydrogen-bond donors (Lipinski definition) is 0. The van der Waals surface area contributed by atoms with Crippen molar-refractivity contribution in [1.29, 1.82) is 0 Å². The second-order valence-corrected chi connectivity index (χ2v) is 15.0. The molecule has 0 saturated carbocycles. The predicted molar refractivity (Wildman–Crippen MR) is 217 cm³/mol. The molecule has 234 valence electrons. The fourth-order valence-corrected chi connectivity index (χ4v) is 10.1. The van der Waals surface area contributed by atoms with E-state index < -0.39 is 0 Å². The first kappa shape index (κ1) is 28.0. The number of anilines is 3. The van der Waals surface area contributed by atoms with Crippen LogP contribution in [0.3, 0.4) is 0 Å². The lowest BCUT2D eigenvalue weighted by molar-refractivity contribution is 0.674. The SMILES string of the molecule is c1ccc2c(c1)ccc1c3cccc(-c4ccc(N(c5cccc6sc7ccccc7c56)c5cccc6sc7ccccc7c56)cc4)c3oc21. The predicted octanol–water partition coefficient (Wildman–Crippen LogP) is 14.6. The molecule has 0 aliphatic rings. The summed E-state index contributed by atoms with van der Waals surface area (Å²) in [5.74, 6) is 0. The molecule has 0 saturated heterocycles. The normalized spacial score (nSPS) is 12.0. The number of nitrogens with zero attached hydrogens (tertiary/aromatic N) is 1. The average Bonchev–Trinajstić information content (AvgIpc) is 3.87. The van der Waals surface area contributed by atoms with Gasteiger partial charge in [0.15, 0.2) is 0 Å². The molecule has 2 nitrogen and oxygen atoms in total. The first-order valence-electron chi connectivity index (χ1n) is 16.8. The monoisotopic (exact) mass is 673 g/mol. The van der Waals surface area contributed by atoms with Crippen molar-refractivity contribution in [3.63, 3.8) is 0 Å². The molecule has 4 heteroatoms. The van der Waals surface area contributed by atoms with E-state index in [1.54, 1.807) is 0 Å². The average molecular weight is 674 g/mol. The van der Waals surface area contributed by atoms with Crippen molar-refractivity contribution in [3.8, 4) is 11.1 Å². The first-order chi connectivity index (χ1) is 24.8. The molecular weight excluding hydrogens is 647 g/mol. The Bertz CT molecular complexity index is 2990. The molecule has 0 N–H and O–H groups in total. The molecule has 0 aliphatic heterocycles. The van der Waals surface area contributed by atoms with Crippen LogP contribution < -0.4 is 4.90 Å². The fraction of sp³-hybridized carbons (Fsp3) is 0. The minimum atomic E-state index is 0.924. The number of hydrogen-bond acceptors (Lipinski definition) is 4. The van der Waals surface area contributed by atoms with E-state index in [0.29, 0.717) is 0 Å². The molecule has 0 unspecified atom stereocenters. The molecule has 0 fully saturated rings. The van der Waals surface area contributed by atoms with Crippen molar-refractivity contribution >= 4 is 113 Å². The van der Waals surface area contributed by atoms with Crippen LogP contribution in [-0.2, 0) is 0 Å². The summed E-state index contributed by atoms with van der Waals surface area (Å²) in [5, 5.41) is 9.76. The Morgan fingerprint density at radius 1 is 0.380 bits per heavy atom. The van der Waals surface area contributed by atoms with Crippen molar-refractivity contribution < 1.29 is 4.42 Å². The van der Waals surface area contributed by atoms with Gasteiger partial charge in [0, 0.05) is 67.8 Å². The van der Waals surface area contributed by atoms with Crippen LogP contribution in [0.15, 0.2) is 168 Å². The summed E-state index contributed by atoms with van der Waals surface area (Å²) in [6.45, 7) is 0. The highest BCUT2D eigenvalue weighted by Gasteiger charge is 2.22. The zero-order valence-electron chi connectivity index (χ0n) is 26.8. The molecule has 3 heterocycles. The van der Waals surface area contributed by atoms with Gasteiger partial charge in [-0.1, -0.05) is 109 Å². The molecule has 8 aromatic carbocycles. The number of benzene rings is 8. The van der Waals surface area contributed by atoms with Crippen LogP contribution in [-0.4, -0.2) is 0 Å². The highest BCUT2D eigenvalue weighted by atomic mass is 32.1. The lowest BCUT2D eigenvalue weighted by Gasteiger charge is -2.27. The molecule has 0 amide bonds. The molecular formula is C46H27NOS2. The lowest BCUT2D eigenvalue weighted by Crippen LogP contribution is -2.10. The van der Waals surface area contributed by atoms with Crippen LogP contribution in [0.5, 0.6) is 0 Å². The smallest absolute Gasteiger partial charge is 0.143 e. The summed E-state index contributed by atoms with van der Waals surface area (Å²) >= 11 is 3.72. The molecule has 50 heavy (non-hydrogen) atoms. The number of thiophene rings is 2. The summed E-state index contributed by atoms with van der Waals surface area (Å²) in [6, 6.07) is 59.4. The third-order valence-corrected chi connectivity index (χ3v) is 12.3. The molecule has 11 aromatic rings. The van der Waals surface area contributed by atoms with E-state index in [1.165, 1.54) is 57.1 Å². The molecule has 3 aromatic heterocycles. The van der Waals surface area contributed by atoms with Gasteiger partial charge in [-0.05, 0) is 65.5 Å². The molecule has 0 atom stereocenters. The Morgan fingerprint density at radius 2 is 0.920 bits per heavy atom. The van der Waals surface area contributed by atoms with E-state index in [9.17, 15) is 0 Å². The maximum Gasteiger partial charge on any atom is 0.143 e. The minimum Gasteiger partial charge on any atom is -0.455 e. The van der Waals surface area contributed by atoms with Crippen LogP contribution in [0.4, 0.5) is 17.1 Å². The first-order valence-corrected chi connectivity index (χ1v) is 18.5. The van der Waals surface area contributed by atoms with Crippen molar-refractivity contribution in [2.24, 2.45) is 0 Å². The van der Waals surface area contributed by atoms with Gasteiger partial charge in [0.1, 0.15) is 11.2 Å². The van der Waals surface area contributed by atoms with E-state index in [0.717, 1.165) is 44.1 Å². The van der Waals surface area contributed by atoms with Crippen molar-refractivity contribution in [1.82, 2.24) is 0 Å². The number of para-hydroxylation sites is 1. The maximum absolute atomic E-state index is 6.72. The van der Waals surface area contributed by atoms with Gasteiger partial charge in [0.25, 0.3) is 0 Å². The zero-order chi connectivity index (χ0) is 32.8. The topological polar surface area (TPSA) is 16.4 Å². The highest BCUT2D eigenvalue weighted by Crippen LogP contribution is 2.49. The van der Waals surface area contributed by atoms with Crippen molar-refractivity contribution in [2.75, 3.05) is 4.90 Å². The van der Waals surface area contributed by atoms with E-state index in [4.69, 9.17) is 4.42 Å². The number of rotatable bonds is 4. The van der Waals surface area contributed by atoms with Crippen molar-refractivity contribution in [3.05, 3.63) is 164 Å². The standard InChI is InChI=1S/C46H27NOS2/c1-2-11-31-28(10-1)24-27-34-33-15-7-14-32(45(33)48-46(31)34)29-22-25-30(26-23-29)47(37-16-8-20-41-43(37)35-12-3-5-18-39(35)49-41)38-17-9-21-42-44(38)36-13-4-6-19-40(36)50-42/h1-27H. The van der Waals surface area contributed by atoms with Gasteiger partial charge in [0.2, 0.25) is 0 Å². The Labute approximate surface area is 295 Å². The van der Waals surface area contributed by atoms with Gasteiger partial charge in [-0.15, -0.1) is 22.7 Å². The second kappa shape index (κ2) is 10.8. The number of furan rings is 1. The molecule has 0 radical (unpaired) electrons. The zero-order valence-corrected chi connectivity index (χ0v) is 28.4. The fourth-order valence-electron chi connectivity index (χ4n) is 7.84. The number of fused-ring (bicyclic) bond motifs is 11. The van der Waals surface area contributed by atoms with E-state index >= 15 is 0 Å². The van der Waals surface area contributed by atoms with E-state index in [2.05, 4.69) is 169 Å². The third-order valence-electron chi connectivity index (χ3n) is 10.1. The molecule has 0 aliphatic carbocycles. The van der Waals surface area contributed by atoms with Gasteiger partial charge >= 0.3 is 0 Å². The summed E-state index contributed by atoms with van der Waals surface area (Å²) in [7, 11) is 0. The van der Waals surface area contributed by atoms with Crippen molar-refractivity contribution in [2.45, 2.75) is 0 Å². The second-order valence-electron chi connectivity index (χ2n) is 12.8. The molecule has 11 rings (SSSR count). The van der Waals surface area contributed by atoms with Gasteiger partial charge in [-0.2, -0.15) is 0 Å². The highest BCUT2D eigenvalue weighted by molar-refractivity contribution is 7.26. The largest absolute Gasteiger partial charge is 0.455 e. The van der Waals surface area contributed by atoms with E-state index in [1.807, 2.05) is 22.7 Å². The summed E-state index contributed by atoms with van der Waals surface area (Å²) in [5.41, 5.74) is 7.57. The van der Waals surface area contributed by atoms with Crippen LogP contribution in [0.1, 0.15) is 0 Å². The Hall–Kier alpha value is -5.94. The van der Waals surface area contributed by atoms with Crippen LogP contribution in [0.25, 0.3) is 84.2 Å². The van der Waals surface area contributed by atoms with Crippen LogP contribution in [0, 0.1) is 0 Å². The van der Waals surface area contributed by atoms with E-state index in [-0.39, 0.29) is 0 Å². The lowest BCUT2D eigenvalue weighted by atomic mass is 10.0. The Kier molecular flexibility index (Phi) is 6.03. The van der Waals surface area contributed by atoms with Gasteiger partial charge < -0.3 is 9.32 Å². The van der Waals surface area contributed by atoms with Crippen LogP contribution >= 0.6 is 22.7 Å². The summed E-state index contributed by atoms with van der Waals surface area (Å²) in [4.78, 5) is 2.47. The van der Waals surface area contributed by atoms with Crippen LogP contribution in [0.2, 0.25) is 0 Å². The van der Waals surface area contributed by atoms with Gasteiger partial charge in [-0.25, -0.2) is 0 Å². The maximum atomic E-state index is 6.72.